The summed E-state index contributed by atoms with van der Waals surface area (Å²) in [5, 5.41) is 10.5. The maximum Gasteiger partial charge on any atom is 0.341 e. The highest BCUT2D eigenvalue weighted by atomic mass is 35.5. The van der Waals surface area contributed by atoms with Gasteiger partial charge < -0.3 is 4.74 Å². The van der Waals surface area contributed by atoms with Crippen LogP contribution < -0.4 is 11.0 Å². The van der Waals surface area contributed by atoms with Crippen molar-refractivity contribution in [2.45, 2.75) is 13.8 Å². The summed E-state index contributed by atoms with van der Waals surface area (Å²) in [5.74, 6) is -0.911. The molecule has 1 amide bonds. The van der Waals surface area contributed by atoms with Gasteiger partial charge in [-0.25, -0.2) is 15.3 Å². The van der Waals surface area contributed by atoms with Crippen LogP contribution in [0.15, 0.2) is 40.6 Å². The number of halogens is 2. The number of aromatic nitrogens is 4. The average molecular weight is 451 g/mol. The first-order valence-electron chi connectivity index (χ1n) is 8.44. The van der Waals surface area contributed by atoms with Crippen molar-refractivity contribution >= 4 is 52.2 Å². The predicted molar refractivity (Wildman–Crippen MR) is 112 cm³/mol. The number of hydrazone groups is 1. The van der Waals surface area contributed by atoms with Crippen LogP contribution in [0, 0.1) is 0 Å². The molecule has 156 valence electrons. The monoisotopic (exact) mass is 450 g/mol. The van der Waals surface area contributed by atoms with E-state index in [0.717, 1.165) is 0 Å². The normalized spacial score (nSPS) is 10.4. The Morgan fingerprint density at radius 2 is 1.93 bits per heavy atom. The fraction of sp³-hybridized carbons (Fsp3) is 0.167. The van der Waals surface area contributed by atoms with E-state index in [1.165, 1.54) is 37.8 Å². The second-order valence-corrected chi connectivity index (χ2v) is 6.27. The van der Waals surface area contributed by atoms with E-state index < -0.39 is 5.97 Å². The maximum absolute atomic E-state index is 11.7. The van der Waals surface area contributed by atoms with Crippen LogP contribution in [0.4, 0.5) is 0 Å². The minimum atomic E-state index is -0.583. The molecule has 0 aromatic carbocycles. The van der Waals surface area contributed by atoms with Crippen molar-refractivity contribution in [2.24, 2.45) is 5.10 Å². The van der Waals surface area contributed by atoms with Gasteiger partial charge in [-0.1, -0.05) is 23.2 Å². The van der Waals surface area contributed by atoms with Crippen molar-refractivity contribution in [2.75, 3.05) is 6.61 Å². The van der Waals surface area contributed by atoms with Crippen molar-refractivity contribution in [1.29, 1.82) is 0 Å². The Labute approximate surface area is 180 Å². The van der Waals surface area contributed by atoms with E-state index >= 15 is 0 Å². The van der Waals surface area contributed by atoms with E-state index in [2.05, 4.69) is 30.7 Å². The van der Waals surface area contributed by atoms with Gasteiger partial charge in [-0.05, 0) is 19.1 Å². The number of hydrogen-bond donors (Lipinski definition) is 2. The third kappa shape index (κ3) is 6.06. The Balaban J connectivity index is 0.000000230. The number of nitrogens with one attached hydrogen (secondary N) is 2. The zero-order valence-electron chi connectivity index (χ0n) is 15.8. The van der Waals surface area contributed by atoms with E-state index in [1.54, 1.807) is 13.0 Å². The molecule has 0 unspecified atom stereocenters. The second-order valence-electron chi connectivity index (χ2n) is 5.45. The molecule has 0 fully saturated rings. The number of fused-ring (bicyclic) bond motifs is 1. The Bertz CT molecular complexity index is 1140. The molecule has 3 aromatic rings. The molecule has 0 saturated carbocycles. The number of nitrogens with zero attached hydrogens (tertiary/aromatic N) is 4. The van der Waals surface area contributed by atoms with Crippen LogP contribution in [0.1, 0.15) is 29.9 Å². The first-order valence-corrected chi connectivity index (χ1v) is 9.19. The quantitative estimate of drug-likeness (QED) is 0.353. The molecular formula is C18H16Cl2N6O4. The highest BCUT2D eigenvalue weighted by molar-refractivity contribution is 6.35. The van der Waals surface area contributed by atoms with Gasteiger partial charge in [0.1, 0.15) is 5.56 Å². The van der Waals surface area contributed by atoms with Crippen LogP contribution in [0.2, 0.25) is 10.0 Å². The summed E-state index contributed by atoms with van der Waals surface area (Å²) in [6, 6.07) is 3.04. The molecule has 3 heterocycles. The minimum Gasteiger partial charge on any atom is -0.462 e. The van der Waals surface area contributed by atoms with Gasteiger partial charge in [0.2, 0.25) is 5.91 Å². The molecule has 0 bridgehead atoms. The van der Waals surface area contributed by atoms with E-state index in [1.807, 2.05) is 0 Å². The van der Waals surface area contributed by atoms with Gasteiger partial charge in [-0.3, -0.25) is 19.6 Å². The Kier molecular flexibility index (Phi) is 8.39. The van der Waals surface area contributed by atoms with Gasteiger partial charge in [-0.2, -0.15) is 10.2 Å². The largest absolute Gasteiger partial charge is 0.462 e. The van der Waals surface area contributed by atoms with Crippen LogP contribution in [0.3, 0.4) is 0 Å². The van der Waals surface area contributed by atoms with E-state index in [-0.39, 0.29) is 34.4 Å². The summed E-state index contributed by atoms with van der Waals surface area (Å²) in [6.07, 6.45) is 5.66. The van der Waals surface area contributed by atoms with E-state index in [9.17, 15) is 14.4 Å². The maximum atomic E-state index is 11.7. The van der Waals surface area contributed by atoms with Crippen LogP contribution in [-0.4, -0.2) is 44.9 Å². The van der Waals surface area contributed by atoms with Crippen molar-refractivity contribution in [3.8, 4) is 0 Å². The number of esters is 1. The number of pyridine rings is 2. The molecule has 0 spiro atoms. The number of hydrogen-bond acceptors (Lipinski definition) is 8. The van der Waals surface area contributed by atoms with Gasteiger partial charge in [-0.15, -0.1) is 0 Å². The van der Waals surface area contributed by atoms with Gasteiger partial charge in [0, 0.05) is 19.3 Å². The zero-order chi connectivity index (χ0) is 22.1. The SMILES string of the molecule is CCOC(=O)c1c(Cl)ccnc1C=NNC(C)=O.O=c1[nH]ncc2nccc(Cl)c12. The molecule has 0 radical (unpaired) electrons. The highest BCUT2D eigenvalue weighted by Gasteiger charge is 2.16. The predicted octanol–water partition coefficient (Wildman–Crippen LogP) is 2.35. The van der Waals surface area contributed by atoms with Crippen LogP contribution in [0.5, 0.6) is 0 Å². The lowest BCUT2D eigenvalue weighted by atomic mass is 10.2. The fourth-order valence-corrected chi connectivity index (χ4v) is 2.59. The van der Waals surface area contributed by atoms with Crippen LogP contribution >= 0.6 is 23.2 Å². The summed E-state index contributed by atoms with van der Waals surface area (Å²) in [5.41, 5.74) is 2.75. The smallest absolute Gasteiger partial charge is 0.341 e. The summed E-state index contributed by atoms with van der Waals surface area (Å²) >= 11 is 11.7. The number of carbonyl (C=O) groups excluding carboxylic acids is 2. The number of rotatable bonds is 4. The number of carbonyl (C=O) groups is 2. The third-order valence-electron chi connectivity index (χ3n) is 3.33. The standard InChI is InChI=1S/C11H12ClN3O3.C7H4ClN3O/c1-3-18-11(17)10-8(12)4-5-13-9(10)6-14-15-7(2)16;8-4-1-2-9-5-3-10-11-7(12)6(4)5/h4-6H,3H2,1-2H3,(H,15,16);1-3H,(H,11,12). The molecular weight excluding hydrogens is 435 g/mol. The van der Waals surface area contributed by atoms with Gasteiger partial charge in [0.25, 0.3) is 5.56 Å². The molecule has 3 rings (SSSR count). The summed E-state index contributed by atoms with van der Waals surface area (Å²) < 4.78 is 4.86. The van der Waals surface area contributed by atoms with Crippen molar-refractivity contribution in [1.82, 2.24) is 25.6 Å². The zero-order valence-corrected chi connectivity index (χ0v) is 17.4. The first kappa shape index (κ1) is 22.9. The molecule has 10 nitrogen and oxygen atoms in total. The Hall–Kier alpha value is -3.37. The molecule has 0 aliphatic heterocycles. The third-order valence-corrected chi connectivity index (χ3v) is 3.96. The molecule has 0 saturated heterocycles. The lowest BCUT2D eigenvalue weighted by Crippen LogP contribution is -2.14. The minimum absolute atomic E-state index is 0.120. The molecule has 12 heteroatoms. The van der Waals surface area contributed by atoms with Crippen molar-refractivity contribution in [3.05, 3.63) is 62.4 Å². The topological polar surface area (TPSA) is 139 Å². The summed E-state index contributed by atoms with van der Waals surface area (Å²) in [4.78, 5) is 41.4. The molecule has 3 aromatic heterocycles. The number of ether oxygens (including phenoxy) is 1. The summed E-state index contributed by atoms with van der Waals surface area (Å²) in [6.45, 7) is 3.23. The lowest BCUT2D eigenvalue weighted by molar-refractivity contribution is -0.118. The van der Waals surface area contributed by atoms with Gasteiger partial charge >= 0.3 is 5.97 Å². The molecule has 0 aliphatic rings. The lowest BCUT2D eigenvalue weighted by Gasteiger charge is -2.06. The highest BCUT2D eigenvalue weighted by Crippen LogP contribution is 2.18. The average Bonchev–Trinajstić information content (AvgIpc) is 2.69. The van der Waals surface area contributed by atoms with Crippen LogP contribution in [-0.2, 0) is 9.53 Å². The number of H-pyrrole nitrogens is 1. The van der Waals surface area contributed by atoms with E-state index in [4.69, 9.17) is 27.9 Å². The fourth-order valence-electron chi connectivity index (χ4n) is 2.12. The number of amides is 1. The second kappa shape index (κ2) is 11.0. The number of aromatic amines is 1. The summed E-state index contributed by atoms with van der Waals surface area (Å²) in [7, 11) is 0. The first-order chi connectivity index (χ1) is 14.3. The van der Waals surface area contributed by atoms with Gasteiger partial charge in [0.15, 0.2) is 0 Å². The Morgan fingerprint density at radius 3 is 2.60 bits per heavy atom. The van der Waals surface area contributed by atoms with E-state index in [0.29, 0.717) is 15.9 Å². The molecule has 30 heavy (non-hydrogen) atoms. The molecule has 2 N–H and O–H groups in total. The van der Waals surface area contributed by atoms with Crippen LogP contribution in [0.25, 0.3) is 10.9 Å². The van der Waals surface area contributed by atoms with Gasteiger partial charge in [0.05, 0.1) is 45.7 Å². The molecule has 0 aliphatic carbocycles. The Morgan fingerprint density at radius 1 is 1.23 bits per heavy atom. The van der Waals surface area contributed by atoms with Crippen molar-refractivity contribution < 1.29 is 14.3 Å². The molecule has 0 atom stereocenters. The van der Waals surface area contributed by atoms with Crippen molar-refractivity contribution in [3.63, 3.8) is 0 Å².